The predicted molar refractivity (Wildman–Crippen MR) is 104 cm³/mol. The highest BCUT2D eigenvalue weighted by molar-refractivity contribution is 7.90. The first-order valence-electron chi connectivity index (χ1n) is 8.26. The molecule has 0 fully saturated rings. The van der Waals surface area contributed by atoms with E-state index in [1.54, 1.807) is 42.5 Å². The Morgan fingerprint density at radius 1 is 1.22 bits per heavy atom. The number of rotatable bonds is 4. The van der Waals surface area contributed by atoms with Crippen LogP contribution >= 0.6 is 11.3 Å². The standard InChI is InChI=1S/C19H17N3O3S2/c1-3-10-22-16-9-8-15(27(2,24)25)11-17(16)26-19(22)21-18(23)14-6-4-13(12-20)5-7-14/h4-9,11H,3,10H2,1-2H3. The Morgan fingerprint density at radius 3 is 2.52 bits per heavy atom. The quantitative estimate of drug-likeness (QED) is 0.674. The SMILES string of the molecule is CCCn1c(=NC(=O)c2ccc(C#N)cc2)sc2cc(S(C)(=O)=O)ccc21. The lowest BCUT2D eigenvalue weighted by atomic mass is 10.1. The van der Waals surface area contributed by atoms with Gasteiger partial charge in [-0.05, 0) is 48.9 Å². The molecule has 0 atom stereocenters. The van der Waals surface area contributed by atoms with Gasteiger partial charge in [0.15, 0.2) is 14.6 Å². The second-order valence-electron chi connectivity index (χ2n) is 6.04. The molecule has 0 unspecified atom stereocenters. The number of hydrogen-bond donors (Lipinski definition) is 0. The molecule has 0 aliphatic carbocycles. The van der Waals surface area contributed by atoms with Crippen LogP contribution < -0.4 is 4.80 Å². The third-order valence-corrected chi connectivity index (χ3v) is 6.14. The molecule has 0 spiro atoms. The Labute approximate surface area is 161 Å². The second kappa shape index (κ2) is 7.47. The molecule has 0 aliphatic rings. The summed E-state index contributed by atoms with van der Waals surface area (Å²) in [5.41, 5.74) is 1.72. The lowest BCUT2D eigenvalue weighted by Gasteiger charge is -2.03. The third-order valence-electron chi connectivity index (χ3n) is 3.99. The van der Waals surface area contributed by atoms with Gasteiger partial charge in [0.1, 0.15) is 0 Å². The summed E-state index contributed by atoms with van der Waals surface area (Å²) in [6.45, 7) is 2.69. The molecule has 0 N–H and O–H groups in total. The Kier molecular flexibility index (Phi) is 5.26. The van der Waals surface area contributed by atoms with E-state index in [9.17, 15) is 13.2 Å². The average molecular weight is 399 g/mol. The first-order chi connectivity index (χ1) is 12.8. The molecule has 0 saturated heterocycles. The number of sulfone groups is 1. The van der Waals surface area contributed by atoms with Crippen LogP contribution in [0.15, 0.2) is 52.4 Å². The van der Waals surface area contributed by atoms with Gasteiger partial charge in [0.25, 0.3) is 5.91 Å². The highest BCUT2D eigenvalue weighted by Crippen LogP contribution is 2.22. The molecule has 6 nitrogen and oxygen atoms in total. The Morgan fingerprint density at radius 2 is 1.93 bits per heavy atom. The zero-order valence-electron chi connectivity index (χ0n) is 14.8. The second-order valence-corrected chi connectivity index (χ2v) is 9.07. The molecule has 1 heterocycles. The van der Waals surface area contributed by atoms with Crippen LogP contribution in [-0.2, 0) is 16.4 Å². The normalized spacial score (nSPS) is 12.3. The van der Waals surface area contributed by atoms with Crippen molar-refractivity contribution in [1.82, 2.24) is 4.57 Å². The van der Waals surface area contributed by atoms with Crippen LogP contribution in [0.2, 0.25) is 0 Å². The van der Waals surface area contributed by atoms with Gasteiger partial charge in [-0.25, -0.2) is 8.42 Å². The minimum absolute atomic E-state index is 0.241. The molecule has 1 amide bonds. The number of nitriles is 1. The molecule has 3 aromatic rings. The summed E-state index contributed by atoms with van der Waals surface area (Å²) in [5.74, 6) is -0.403. The van der Waals surface area contributed by atoms with Gasteiger partial charge >= 0.3 is 0 Å². The molecule has 8 heteroatoms. The summed E-state index contributed by atoms with van der Waals surface area (Å²) >= 11 is 1.28. The number of nitrogens with zero attached hydrogens (tertiary/aromatic N) is 3. The molecule has 138 valence electrons. The van der Waals surface area contributed by atoms with Crippen LogP contribution in [0.1, 0.15) is 29.3 Å². The number of carbonyl (C=O) groups is 1. The minimum atomic E-state index is -3.31. The van der Waals surface area contributed by atoms with Gasteiger partial charge in [-0.15, -0.1) is 0 Å². The summed E-state index contributed by atoms with van der Waals surface area (Å²) in [6.07, 6.45) is 2.01. The van der Waals surface area contributed by atoms with Crippen molar-refractivity contribution in [3.63, 3.8) is 0 Å². The number of aromatic nitrogens is 1. The first-order valence-corrected chi connectivity index (χ1v) is 11.0. The van der Waals surface area contributed by atoms with E-state index in [0.29, 0.717) is 22.5 Å². The highest BCUT2D eigenvalue weighted by atomic mass is 32.2. The summed E-state index contributed by atoms with van der Waals surface area (Å²) < 4.78 is 26.3. The van der Waals surface area contributed by atoms with Crippen molar-refractivity contribution < 1.29 is 13.2 Å². The molecule has 0 bridgehead atoms. The minimum Gasteiger partial charge on any atom is -0.316 e. The number of aryl methyl sites for hydroxylation is 1. The van der Waals surface area contributed by atoms with Gasteiger partial charge in [0, 0.05) is 18.4 Å². The van der Waals surface area contributed by atoms with E-state index < -0.39 is 15.7 Å². The molecule has 1 aromatic heterocycles. The number of carbonyl (C=O) groups excluding carboxylic acids is 1. The fraction of sp³-hybridized carbons (Fsp3) is 0.211. The van der Waals surface area contributed by atoms with Crippen molar-refractivity contribution in [1.29, 1.82) is 5.26 Å². The fourth-order valence-corrected chi connectivity index (χ4v) is 4.46. The number of fused-ring (bicyclic) bond motifs is 1. The fourth-order valence-electron chi connectivity index (χ4n) is 2.65. The maximum atomic E-state index is 12.5. The molecule has 0 radical (unpaired) electrons. The van der Waals surface area contributed by atoms with Crippen LogP contribution in [0.3, 0.4) is 0 Å². The molecular weight excluding hydrogens is 382 g/mol. The highest BCUT2D eigenvalue weighted by Gasteiger charge is 2.13. The van der Waals surface area contributed by atoms with E-state index in [-0.39, 0.29) is 4.90 Å². The number of benzene rings is 2. The van der Waals surface area contributed by atoms with Crippen LogP contribution in [-0.4, -0.2) is 25.1 Å². The summed E-state index contributed by atoms with van der Waals surface area (Å²) in [7, 11) is -3.31. The van der Waals surface area contributed by atoms with E-state index in [0.717, 1.165) is 16.6 Å². The molecule has 0 aliphatic heterocycles. The smallest absolute Gasteiger partial charge is 0.279 e. The van der Waals surface area contributed by atoms with Crippen LogP contribution in [0.4, 0.5) is 0 Å². The zero-order chi connectivity index (χ0) is 19.6. The lowest BCUT2D eigenvalue weighted by molar-refractivity contribution is 0.0998. The van der Waals surface area contributed by atoms with Crippen molar-refractivity contribution in [2.75, 3.05) is 6.26 Å². The van der Waals surface area contributed by atoms with Crippen LogP contribution in [0.5, 0.6) is 0 Å². The Bertz CT molecular complexity index is 1230. The topological polar surface area (TPSA) is 92.3 Å². The molecule has 2 aromatic carbocycles. The number of hydrogen-bond acceptors (Lipinski definition) is 5. The van der Waals surface area contributed by atoms with Gasteiger partial charge in [-0.3, -0.25) is 4.79 Å². The number of amides is 1. The van der Waals surface area contributed by atoms with E-state index >= 15 is 0 Å². The predicted octanol–water partition coefficient (Wildman–Crippen LogP) is 3.13. The van der Waals surface area contributed by atoms with Gasteiger partial charge in [-0.1, -0.05) is 18.3 Å². The first kappa shape index (κ1) is 19.0. The van der Waals surface area contributed by atoms with Crippen molar-refractivity contribution in [3.8, 4) is 6.07 Å². The van der Waals surface area contributed by atoms with Gasteiger partial charge in [0.05, 0.1) is 26.7 Å². The van der Waals surface area contributed by atoms with E-state index in [4.69, 9.17) is 5.26 Å². The molecular formula is C19H17N3O3S2. The van der Waals surface area contributed by atoms with Gasteiger partial charge in [0.2, 0.25) is 0 Å². The zero-order valence-corrected chi connectivity index (χ0v) is 16.5. The van der Waals surface area contributed by atoms with Gasteiger partial charge < -0.3 is 4.57 Å². The van der Waals surface area contributed by atoms with E-state index in [1.807, 2.05) is 17.6 Å². The average Bonchev–Trinajstić information content (AvgIpc) is 2.98. The van der Waals surface area contributed by atoms with E-state index in [1.165, 1.54) is 17.6 Å². The molecule has 0 saturated carbocycles. The van der Waals surface area contributed by atoms with Gasteiger partial charge in [-0.2, -0.15) is 10.3 Å². The molecule has 27 heavy (non-hydrogen) atoms. The summed E-state index contributed by atoms with van der Waals surface area (Å²) in [4.78, 5) is 17.5. The van der Waals surface area contributed by atoms with Crippen molar-refractivity contribution in [2.45, 2.75) is 24.8 Å². The summed E-state index contributed by atoms with van der Waals surface area (Å²) in [6, 6.07) is 13.3. The van der Waals surface area contributed by atoms with Crippen LogP contribution in [0.25, 0.3) is 10.2 Å². The van der Waals surface area contributed by atoms with Crippen molar-refractivity contribution in [2.24, 2.45) is 4.99 Å². The monoisotopic (exact) mass is 399 g/mol. The largest absolute Gasteiger partial charge is 0.316 e. The van der Waals surface area contributed by atoms with Crippen molar-refractivity contribution in [3.05, 3.63) is 58.4 Å². The van der Waals surface area contributed by atoms with Crippen LogP contribution in [0, 0.1) is 11.3 Å². The molecule has 3 rings (SSSR count). The number of thiazole rings is 1. The summed E-state index contributed by atoms with van der Waals surface area (Å²) in [5, 5.41) is 8.86. The Balaban J connectivity index is 2.13. The van der Waals surface area contributed by atoms with Crippen molar-refractivity contribution >= 4 is 37.3 Å². The third kappa shape index (κ3) is 3.99. The van der Waals surface area contributed by atoms with E-state index in [2.05, 4.69) is 4.99 Å². The maximum absolute atomic E-state index is 12.5. The lowest BCUT2D eigenvalue weighted by Crippen LogP contribution is -2.16. The maximum Gasteiger partial charge on any atom is 0.279 e. The Hall–Kier alpha value is -2.76.